The molecule has 0 aromatic carbocycles. The number of aryl methyl sites for hydroxylation is 1. The van der Waals surface area contributed by atoms with Crippen molar-refractivity contribution in [1.82, 2.24) is 9.97 Å². The summed E-state index contributed by atoms with van der Waals surface area (Å²) < 4.78 is 5.36. The molecule has 0 aliphatic carbocycles. The molecule has 5 heteroatoms. The van der Waals surface area contributed by atoms with E-state index in [1.54, 1.807) is 7.11 Å². The smallest absolute Gasteiger partial charge is 0.224 e. The summed E-state index contributed by atoms with van der Waals surface area (Å²) in [7, 11) is 1.71. The molecule has 2 N–H and O–H groups in total. The molecule has 0 saturated heterocycles. The summed E-state index contributed by atoms with van der Waals surface area (Å²) in [6, 6.07) is 1.93. The van der Waals surface area contributed by atoms with E-state index in [0.29, 0.717) is 12.5 Å². The lowest BCUT2D eigenvalue weighted by atomic mass is 10.1. The Morgan fingerprint density at radius 3 is 2.61 bits per heavy atom. The van der Waals surface area contributed by atoms with Gasteiger partial charge in [-0.2, -0.15) is 4.98 Å². The average molecular weight is 252 g/mol. The first kappa shape index (κ1) is 14.7. The van der Waals surface area contributed by atoms with E-state index in [1.165, 1.54) is 0 Å². The molecule has 0 bridgehead atoms. The standard InChI is InChI=1S/C13H24N4O/c1-6-7-14-12-16-10(2)8-11(17-12)15-9-13(3,4)18-5/h8H,6-7,9H2,1-5H3,(H2,14,15,16,17). The molecular formula is C13H24N4O. The van der Waals surface area contributed by atoms with Crippen LogP contribution in [0.1, 0.15) is 32.9 Å². The fourth-order valence-electron chi connectivity index (χ4n) is 1.35. The zero-order valence-electron chi connectivity index (χ0n) is 12.0. The van der Waals surface area contributed by atoms with Crippen LogP contribution >= 0.6 is 0 Å². The van der Waals surface area contributed by atoms with E-state index in [9.17, 15) is 0 Å². The molecule has 0 atom stereocenters. The fraction of sp³-hybridized carbons (Fsp3) is 0.692. The number of hydrogen-bond acceptors (Lipinski definition) is 5. The highest BCUT2D eigenvalue weighted by molar-refractivity contribution is 5.42. The van der Waals surface area contributed by atoms with Crippen LogP contribution in [0, 0.1) is 6.92 Å². The Labute approximate surface area is 109 Å². The van der Waals surface area contributed by atoms with Crippen LogP contribution in [0.5, 0.6) is 0 Å². The minimum Gasteiger partial charge on any atom is -0.377 e. The summed E-state index contributed by atoms with van der Waals surface area (Å²) in [4.78, 5) is 8.76. The number of hydrogen-bond donors (Lipinski definition) is 2. The van der Waals surface area contributed by atoms with Gasteiger partial charge in [0, 0.05) is 32.0 Å². The van der Waals surface area contributed by atoms with Gasteiger partial charge < -0.3 is 15.4 Å². The van der Waals surface area contributed by atoms with E-state index in [-0.39, 0.29) is 5.60 Å². The van der Waals surface area contributed by atoms with Crippen molar-refractivity contribution in [2.75, 3.05) is 30.8 Å². The highest BCUT2D eigenvalue weighted by atomic mass is 16.5. The van der Waals surface area contributed by atoms with E-state index in [1.807, 2.05) is 26.8 Å². The SMILES string of the molecule is CCCNc1nc(C)cc(NCC(C)(C)OC)n1. The van der Waals surface area contributed by atoms with Crippen molar-refractivity contribution in [1.29, 1.82) is 0 Å². The molecule has 18 heavy (non-hydrogen) atoms. The van der Waals surface area contributed by atoms with Crippen LogP contribution in [0.2, 0.25) is 0 Å². The number of ether oxygens (including phenoxy) is 1. The number of nitrogens with one attached hydrogen (secondary N) is 2. The Hall–Kier alpha value is -1.36. The molecular weight excluding hydrogens is 228 g/mol. The lowest BCUT2D eigenvalue weighted by Gasteiger charge is -2.23. The molecule has 1 rings (SSSR count). The zero-order chi connectivity index (χ0) is 13.6. The molecule has 1 aromatic heterocycles. The van der Waals surface area contributed by atoms with Crippen molar-refractivity contribution in [3.05, 3.63) is 11.8 Å². The van der Waals surface area contributed by atoms with Crippen LogP contribution in [0.25, 0.3) is 0 Å². The van der Waals surface area contributed by atoms with Gasteiger partial charge in [0.25, 0.3) is 0 Å². The Balaban J connectivity index is 2.68. The first-order valence-corrected chi connectivity index (χ1v) is 6.35. The van der Waals surface area contributed by atoms with Gasteiger partial charge in [-0.15, -0.1) is 0 Å². The van der Waals surface area contributed by atoms with Crippen LogP contribution in [-0.2, 0) is 4.74 Å². The molecule has 0 saturated carbocycles. The van der Waals surface area contributed by atoms with E-state index >= 15 is 0 Å². The highest BCUT2D eigenvalue weighted by Gasteiger charge is 2.16. The molecule has 0 fully saturated rings. The zero-order valence-corrected chi connectivity index (χ0v) is 12.0. The fourth-order valence-corrected chi connectivity index (χ4v) is 1.35. The van der Waals surface area contributed by atoms with Crippen LogP contribution in [0.4, 0.5) is 11.8 Å². The van der Waals surface area contributed by atoms with Crippen molar-refractivity contribution in [3.63, 3.8) is 0 Å². The number of nitrogens with zero attached hydrogens (tertiary/aromatic N) is 2. The van der Waals surface area contributed by atoms with Crippen LogP contribution < -0.4 is 10.6 Å². The molecule has 0 aliphatic rings. The predicted molar refractivity (Wildman–Crippen MR) is 75.1 cm³/mol. The predicted octanol–water partition coefficient (Wildman–Crippen LogP) is 2.44. The third-order valence-electron chi connectivity index (χ3n) is 2.64. The molecule has 1 aromatic rings. The quantitative estimate of drug-likeness (QED) is 0.780. The number of anilines is 2. The maximum Gasteiger partial charge on any atom is 0.224 e. The summed E-state index contributed by atoms with van der Waals surface area (Å²) >= 11 is 0. The van der Waals surface area contributed by atoms with Gasteiger partial charge in [0.15, 0.2) is 0 Å². The van der Waals surface area contributed by atoms with Crippen molar-refractivity contribution < 1.29 is 4.74 Å². The third kappa shape index (κ3) is 4.87. The Kier molecular flexibility index (Phi) is 5.34. The number of rotatable bonds is 7. The first-order valence-electron chi connectivity index (χ1n) is 6.35. The van der Waals surface area contributed by atoms with Gasteiger partial charge in [0.05, 0.1) is 5.60 Å². The molecule has 0 aliphatic heterocycles. The summed E-state index contributed by atoms with van der Waals surface area (Å²) in [5, 5.41) is 6.47. The summed E-state index contributed by atoms with van der Waals surface area (Å²) in [5.41, 5.74) is 0.733. The number of aromatic nitrogens is 2. The Morgan fingerprint density at radius 2 is 2.00 bits per heavy atom. The van der Waals surface area contributed by atoms with Gasteiger partial charge >= 0.3 is 0 Å². The summed E-state index contributed by atoms with van der Waals surface area (Å²) in [5.74, 6) is 1.50. The molecule has 5 nitrogen and oxygen atoms in total. The van der Waals surface area contributed by atoms with Gasteiger partial charge in [-0.1, -0.05) is 6.92 Å². The first-order chi connectivity index (χ1) is 8.46. The molecule has 0 unspecified atom stereocenters. The lowest BCUT2D eigenvalue weighted by Crippen LogP contribution is -2.32. The Bertz CT molecular complexity index is 379. The van der Waals surface area contributed by atoms with Gasteiger partial charge in [-0.25, -0.2) is 4.98 Å². The summed E-state index contributed by atoms with van der Waals surface area (Å²) in [6.45, 7) is 9.72. The van der Waals surface area contributed by atoms with E-state index < -0.39 is 0 Å². The van der Waals surface area contributed by atoms with Gasteiger partial charge in [0.1, 0.15) is 5.82 Å². The highest BCUT2D eigenvalue weighted by Crippen LogP contribution is 2.13. The minimum absolute atomic E-state index is 0.212. The van der Waals surface area contributed by atoms with E-state index in [2.05, 4.69) is 27.5 Å². The molecule has 0 radical (unpaired) electrons. The molecule has 0 spiro atoms. The van der Waals surface area contributed by atoms with Gasteiger partial charge in [0.2, 0.25) is 5.95 Å². The van der Waals surface area contributed by atoms with Crippen molar-refractivity contribution in [2.24, 2.45) is 0 Å². The second-order valence-electron chi connectivity index (χ2n) is 4.96. The second-order valence-corrected chi connectivity index (χ2v) is 4.96. The molecule has 102 valence electrons. The molecule has 0 amide bonds. The normalized spacial score (nSPS) is 11.4. The van der Waals surface area contributed by atoms with E-state index in [4.69, 9.17) is 4.74 Å². The van der Waals surface area contributed by atoms with Gasteiger partial charge in [-0.05, 0) is 27.2 Å². The molecule has 1 heterocycles. The topological polar surface area (TPSA) is 59.1 Å². The van der Waals surface area contributed by atoms with Crippen molar-refractivity contribution in [3.8, 4) is 0 Å². The van der Waals surface area contributed by atoms with Crippen LogP contribution in [0.3, 0.4) is 0 Å². The largest absolute Gasteiger partial charge is 0.377 e. The maximum atomic E-state index is 5.36. The third-order valence-corrected chi connectivity index (χ3v) is 2.64. The maximum absolute atomic E-state index is 5.36. The minimum atomic E-state index is -0.212. The van der Waals surface area contributed by atoms with Crippen molar-refractivity contribution >= 4 is 11.8 Å². The van der Waals surface area contributed by atoms with E-state index in [0.717, 1.165) is 24.5 Å². The summed E-state index contributed by atoms with van der Waals surface area (Å²) in [6.07, 6.45) is 1.05. The lowest BCUT2D eigenvalue weighted by molar-refractivity contribution is 0.0343. The Morgan fingerprint density at radius 1 is 1.28 bits per heavy atom. The van der Waals surface area contributed by atoms with Crippen LogP contribution in [0.15, 0.2) is 6.07 Å². The monoisotopic (exact) mass is 252 g/mol. The second kappa shape index (κ2) is 6.54. The average Bonchev–Trinajstić information content (AvgIpc) is 2.33. The van der Waals surface area contributed by atoms with Gasteiger partial charge in [-0.3, -0.25) is 0 Å². The van der Waals surface area contributed by atoms with Crippen LogP contribution in [-0.4, -0.2) is 35.8 Å². The number of methoxy groups -OCH3 is 1. The van der Waals surface area contributed by atoms with Crippen molar-refractivity contribution in [2.45, 2.75) is 39.7 Å².